The summed E-state index contributed by atoms with van der Waals surface area (Å²) in [5, 5.41) is 3.46. The van der Waals surface area contributed by atoms with Gasteiger partial charge in [-0.1, -0.05) is 60.1 Å². The molecule has 7 heteroatoms. The standard InChI is InChI=1S/C23H19ClN2O3S/c1-16(17-8-4-2-5-9-17)25-22-23(26-21(29-22)18-10-6-3-7-11-18)30(27,28)20-14-12-19(24)13-15-20/h2-16,25H,1H3. The van der Waals surface area contributed by atoms with E-state index in [2.05, 4.69) is 10.3 Å². The molecule has 3 aromatic carbocycles. The zero-order chi connectivity index (χ0) is 21.1. The smallest absolute Gasteiger partial charge is 0.234 e. The SMILES string of the molecule is CC(Nc1oc(-c2ccccc2)nc1S(=O)(=O)c1ccc(Cl)cc1)c1ccccc1. The van der Waals surface area contributed by atoms with Crippen molar-refractivity contribution in [2.45, 2.75) is 22.9 Å². The fraction of sp³-hybridized carbons (Fsp3) is 0.0870. The summed E-state index contributed by atoms with van der Waals surface area (Å²) < 4.78 is 32.5. The van der Waals surface area contributed by atoms with Gasteiger partial charge >= 0.3 is 0 Å². The summed E-state index contributed by atoms with van der Waals surface area (Å²) in [4.78, 5) is 4.44. The van der Waals surface area contributed by atoms with Gasteiger partial charge in [-0.25, -0.2) is 8.42 Å². The Balaban J connectivity index is 1.79. The average molecular weight is 439 g/mol. The number of rotatable bonds is 6. The second-order valence-electron chi connectivity index (χ2n) is 6.75. The lowest BCUT2D eigenvalue weighted by atomic mass is 10.1. The molecule has 0 saturated carbocycles. The Morgan fingerprint density at radius 3 is 2.13 bits per heavy atom. The summed E-state index contributed by atoms with van der Waals surface area (Å²) in [6, 6.07) is 24.7. The number of anilines is 1. The molecule has 0 amide bonds. The molecule has 5 nitrogen and oxygen atoms in total. The first-order valence-corrected chi connectivity index (χ1v) is 11.2. The Bertz CT molecular complexity index is 1240. The lowest BCUT2D eigenvalue weighted by Gasteiger charge is -2.14. The van der Waals surface area contributed by atoms with Crippen LogP contribution >= 0.6 is 11.6 Å². The van der Waals surface area contributed by atoms with Crippen molar-refractivity contribution in [3.63, 3.8) is 0 Å². The van der Waals surface area contributed by atoms with Crippen molar-refractivity contribution in [1.29, 1.82) is 0 Å². The largest absolute Gasteiger partial charge is 0.419 e. The Morgan fingerprint density at radius 1 is 0.900 bits per heavy atom. The number of hydrogen-bond donors (Lipinski definition) is 1. The molecule has 30 heavy (non-hydrogen) atoms. The summed E-state index contributed by atoms with van der Waals surface area (Å²) in [7, 11) is -3.93. The molecule has 1 aromatic heterocycles. The molecule has 4 rings (SSSR count). The highest BCUT2D eigenvalue weighted by molar-refractivity contribution is 7.91. The summed E-state index contributed by atoms with van der Waals surface area (Å²) in [6.45, 7) is 1.93. The molecule has 0 spiro atoms. The Labute approximate surface area is 180 Å². The third-order valence-corrected chi connectivity index (χ3v) is 6.57. The van der Waals surface area contributed by atoms with Crippen LogP contribution in [-0.2, 0) is 9.84 Å². The number of sulfone groups is 1. The van der Waals surface area contributed by atoms with Gasteiger partial charge in [-0.05, 0) is 48.9 Å². The predicted molar refractivity (Wildman–Crippen MR) is 117 cm³/mol. The van der Waals surface area contributed by atoms with Crippen molar-refractivity contribution in [1.82, 2.24) is 4.98 Å². The van der Waals surface area contributed by atoms with Gasteiger partial charge < -0.3 is 9.73 Å². The van der Waals surface area contributed by atoms with Gasteiger partial charge in [0.1, 0.15) is 0 Å². The van der Waals surface area contributed by atoms with Gasteiger partial charge in [0.2, 0.25) is 26.6 Å². The molecule has 1 heterocycles. The van der Waals surface area contributed by atoms with E-state index >= 15 is 0 Å². The number of benzene rings is 3. The van der Waals surface area contributed by atoms with Crippen LogP contribution in [0.25, 0.3) is 11.5 Å². The van der Waals surface area contributed by atoms with Crippen LogP contribution < -0.4 is 5.32 Å². The van der Waals surface area contributed by atoms with Gasteiger partial charge in [0.25, 0.3) is 0 Å². The van der Waals surface area contributed by atoms with E-state index in [0.29, 0.717) is 10.6 Å². The molecular formula is C23H19ClN2O3S. The van der Waals surface area contributed by atoms with Crippen molar-refractivity contribution >= 4 is 27.3 Å². The number of aromatic nitrogens is 1. The van der Waals surface area contributed by atoms with E-state index in [1.54, 1.807) is 0 Å². The maximum Gasteiger partial charge on any atom is 0.234 e. The predicted octanol–water partition coefficient (Wildman–Crippen LogP) is 6.00. The van der Waals surface area contributed by atoms with Gasteiger partial charge in [0.05, 0.1) is 10.9 Å². The quantitative estimate of drug-likeness (QED) is 0.399. The van der Waals surface area contributed by atoms with Crippen molar-refractivity contribution in [3.8, 4) is 11.5 Å². The normalized spacial score (nSPS) is 12.5. The summed E-state index contributed by atoms with van der Waals surface area (Å²) in [5.74, 6) is 0.325. The van der Waals surface area contributed by atoms with Gasteiger partial charge in [-0.15, -0.1) is 0 Å². The van der Waals surface area contributed by atoms with E-state index in [0.717, 1.165) is 5.56 Å². The lowest BCUT2D eigenvalue weighted by molar-refractivity contribution is 0.570. The topological polar surface area (TPSA) is 72.2 Å². The van der Waals surface area contributed by atoms with E-state index in [-0.39, 0.29) is 27.7 Å². The summed E-state index contributed by atoms with van der Waals surface area (Å²) in [6.07, 6.45) is 0. The molecule has 0 aliphatic rings. The van der Waals surface area contributed by atoms with Crippen molar-refractivity contribution in [2.75, 3.05) is 5.32 Å². The maximum atomic E-state index is 13.3. The first kappa shape index (κ1) is 20.2. The molecule has 0 aliphatic carbocycles. The van der Waals surface area contributed by atoms with E-state index in [9.17, 15) is 8.42 Å². The third kappa shape index (κ3) is 4.10. The zero-order valence-corrected chi connectivity index (χ0v) is 17.7. The molecule has 0 saturated heterocycles. The molecule has 1 N–H and O–H groups in total. The molecule has 1 unspecified atom stereocenters. The van der Waals surface area contributed by atoms with Crippen LogP contribution in [0.5, 0.6) is 0 Å². The highest BCUT2D eigenvalue weighted by atomic mass is 35.5. The van der Waals surface area contributed by atoms with Gasteiger partial charge in [0, 0.05) is 10.6 Å². The van der Waals surface area contributed by atoms with E-state index in [4.69, 9.17) is 16.0 Å². The van der Waals surface area contributed by atoms with Crippen LogP contribution in [-0.4, -0.2) is 13.4 Å². The summed E-state index contributed by atoms with van der Waals surface area (Å²) in [5.41, 5.74) is 1.68. The van der Waals surface area contributed by atoms with Crippen LogP contribution in [0.3, 0.4) is 0 Å². The van der Waals surface area contributed by atoms with Crippen molar-refractivity contribution < 1.29 is 12.8 Å². The monoisotopic (exact) mass is 438 g/mol. The molecule has 0 aliphatic heterocycles. The lowest BCUT2D eigenvalue weighted by Crippen LogP contribution is -2.10. The number of halogens is 1. The second kappa shape index (κ2) is 8.34. The zero-order valence-electron chi connectivity index (χ0n) is 16.1. The van der Waals surface area contributed by atoms with Crippen LogP contribution in [0.1, 0.15) is 18.5 Å². The highest BCUT2D eigenvalue weighted by Gasteiger charge is 2.29. The van der Waals surface area contributed by atoms with Crippen LogP contribution in [0.15, 0.2) is 99.3 Å². The molecule has 1 atom stereocenters. The third-order valence-electron chi connectivity index (χ3n) is 4.64. The van der Waals surface area contributed by atoms with Crippen LogP contribution in [0, 0.1) is 0 Å². The number of hydrogen-bond acceptors (Lipinski definition) is 5. The fourth-order valence-corrected chi connectivity index (χ4v) is 4.42. The molecule has 0 fully saturated rings. The Kier molecular flexibility index (Phi) is 5.61. The molecule has 152 valence electrons. The first-order valence-electron chi connectivity index (χ1n) is 9.33. The van der Waals surface area contributed by atoms with E-state index in [1.807, 2.05) is 67.6 Å². The molecule has 0 bridgehead atoms. The molecule has 0 radical (unpaired) electrons. The van der Waals surface area contributed by atoms with Crippen LogP contribution in [0.4, 0.5) is 5.88 Å². The van der Waals surface area contributed by atoms with E-state index < -0.39 is 9.84 Å². The molecular weight excluding hydrogens is 420 g/mol. The second-order valence-corrected chi connectivity index (χ2v) is 9.05. The Hall–Kier alpha value is -3.09. The van der Waals surface area contributed by atoms with Crippen LogP contribution in [0.2, 0.25) is 5.02 Å². The maximum absolute atomic E-state index is 13.3. The minimum Gasteiger partial charge on any atom is -0.419 e. The van der Waals surface area contributed by atoms with Gasteiger partial charge in [0.15, 0.2) is 0 Å². The average Bonchev–Trinajstić information content (AvgIpc) is 3.20. The minimum absolute atomic E-state index is 0.0928. The Morgan fingerprint density at radius 2 is 1.50 bits per heavy atom. The number of nitrogens with zero attached hydrogens (tertiary/aromatic N) is 1. The number of nitrogens with one attached hydrogen (secondary N) is 1. The highest BCUT2D eigenvalue weighted by Crippen LogP contribution is 2.34. The fourth-order valence-electron chi connectivity index (χ4n) is 3.03. The molecule has 4 aromatic rings. The van der Waals surface area contributed by atoms with E-state index in [1.165, 1.54) is 24.3 Å². The summed E-state index contributed by atoms with van der Waals surface area (Å²) >= 11 is 5.92. The van der Waals surface area contributed by atoms with Gasteiger partial charge in [-0.2, -0.15) is 4.98 Å². The first-order chi connectivity index (χ1) is 14.4. The van der Waals surface area contributed by atoms with Crippen molar-refractivity contribution in [2.24, 2.45) is 0 Å². The minimum atomic E-state index is -3.93. The van der Waals surface area contributed by atoms with Gasteiger partial charge in [-0.3, -0.25) is 0 Å². The van der Waals surface area contributed by atoms with Crippen molar-refractivity contribution in [3.05, 3.63) is 95.5 Å². The number of oxazole rings is 1.